The SMILES string of the molecule is CC(C)CC(=O)CCNc1ccnc(-c2cc(-c3c(Cl)cccc3Cl)no2)c1. The van der Waals surface area contributed by atoms with Gasteiger partial charge in [-0.25, -0.2) is 0 Å². The molecule has 0 amide bonds. The van der Waals surface area contributed by atoms with E-state index >= 15 is 0 Å². The van der Waals surface area contributed by atoms with E-state index in [9.17, 15) is 4.79 Å². The summed E-state index contributed by atoms with van der Waals surface area (Å²) >= 11 is 12.5. The second-order valence-corrected chi connectivity index (χ2v) is 7.73. The van der Waals surface area contributed by atoms with E-state index < -0.39 is 0 Å². The van der Waals surface area contributed by atoms with Crippen LogP contribution in [0.5, 0.6) is 0 Å². The van der Waals surface area contributed by atoms with Gasteiger partial charge in [0.05, 0.1) is 10.0 Å². The number of aromatic nitrogens is 2. The zero-order chi connectivity index (χ0) is 20.1. The van der Waals surface area contributed by atoms with Gasteiger partial charge in [-0.05, 0) is 30.2 Å². The van der Waals surface area contributed by atoms with Crippen LogP contribution in [0.25, 0.3) is 22.7 Å². The summed E-state index contributed by atoms with van der Waals surface area (Å²) in [7, 11) is 0. The average Bonchev–Trinajstić information content (AvgIpc) is 3.11. The summed E-state index contributed by atoms with van der Waals surface area (Å²) in [6.07, 6.45) is 2.78. The minimum absolute atomic E-state index is 0.258. The second-order valence-electron chi connectivity index (χ2n) is 6.92. The van der Waals surface area contributed by atoms with Crippen LogP contribution in [-0.2, 0) is 4.79 Å². The first-order chi connectivity index (χ1) is 13.4. The van der Waals surface area contributed by atoms with Crippen LogP contribution in [0.1, 0.15) is 26.7 Å². The van der Waals surface area contributed by atoms with Crippen LogP contribution in [0.15, 0.2) is 47.1 Å². The topological polar surface area (TPSA) is 68.0 Å². The number of benzene rings is 1. The third kappa shape index (κ3) is 5.12. The summed E-state index contributed by atoms with van der Waals surface area (Å²) in [6, 6.07) is 10.7. The maximum absolute atomic E-state index is 11.8. The van der Waals surface area contributed by atoms with E-state index in [0.717, 1.165) is 5.69 Å². The number of hydrogen-bond donors (Lipinski definition) is 1. The van der Waals surface area contributed by atoms with E-state index in [2.05, 4.69) is 15.5 Å². The highest BCUT2D eigenvalue weighted by atomic mass is 35.5. The normalized spacial score (nSPS) is 11.0. The van der Waals surface area contributed by atoms with Gasteiger partial charge in [0, 0.05) is 42.9 Å². The summed E-state index contributed by atoms with van der Waals surface area (Å²) in [5, 5.41) is 8.33. The molecule has 1 N–H and O–H groups in total. The molecule has 0 fully saturated rings. The molecule has 0 atom stereocenters. The number of pyridine rings is 1. The van der Waals surface area contributed by atoms with Crippen molar-refractivity contribution in [2.75, 3.05) is 11.9 Å². The van der Waals surface area contributed by atoms with Gasteiger partial charge in [-0.15, -0.1) is 0 Å². The molecule has 1 aromatic carbocycles. The fourth-order valence-corrected chi connectivity index (χ4v) is 3.43. The maximum atomic E-state index is 11.8. The van der Waals surface area contributed by atoms with Crippen LogP contribution in [0.2, 0.25) is 10.0 Å². The van der Waals surface area contributed by atoms with Crippen LogP contribution in [-0.4, -0.2) is 22.5 Å². The third-order valence-electron chi connectivity index (χ3n) is 4.11. The van der Waals surface area contributed by atoms with Crippen molar-refractivity contribution >= 4 is 34.7 Å². The Morgan fingerprint density at radius 2 is 1.89 bits per heavy atom. The zero-order valence-corrected chi connectivity index (χ0v) is 17.2. The van der Waals surface area contributed by atoms with Gasteiger partial charge in [-0.2, -0.15) is 0 Å². The molecular formula is C21H21Cl2N3O2. The molecule has 0 aliphatic heterocycles. The van der Waals surface area contributed by atoms with Crippen molar-refractivity contribution in [3.63, 3.8) is 0 Å². The van der Waals surface area contributed by atoms with Gasteiger partial charge in [0.25, 0.3) is 0 Å². The lowest BCUT2D eigenvalue weighted by Gasteiger charge is -2.07. The van der Waals surface area contributed by atoms with Crippen LogP contribution in [0.4, 0.5) is 5.69 Å². The lowest BCUT2D eigenvalue weighted by atomic mass is 10.1. The molecular weight excluding hydrogens is 397 g/mol. The first kappa shape index (κ1) is 20.4. The minimum Gasteiger partial charge on any atom is -0.384 e. The highest BCUT2D eigenvalue weighted by molar-refractivity contribution is 6.39. The van der Waals surface area contributed by atoms with Crippen LogP contribution in [0, 0.1) is 5.92 Å². The highest BCUT2D eigenvalue weighted by Gasteiger charge is 2.15. The number of anilines is 1. The van der Waals surface area contributed by atoms with Crippen molar-refractivity contribution in [1.82, 2.24) is 10.1 Å². The summed E-state index contributed by atoms with van der Waals surface area (Å²) in [4.78, 5) is 16.2. The molecule has 2 heterocycles. The molecule has 0 unspecified atom stereocenters. The Hall–Kier alpha value is -2.37. The summed E-state index contributed by atoms with van der Waals surface area (Å²) in [6.45, 7) is 4.66. The number of Topliss-reactive ketones (excluding diaryl/α,β-unsaturated/α-hetero) is 1. The number of rotatable bonds is 8. The molecule has 0 spiro atoms. The van der Waals surface area contributed by atoms with Crippen molar-refractivity contribution in [2.45, 2.75) is 26.7 Å². The Balaban J connectivity index is 1.71. The Morgan fingerprint density at radius 3 is 2.61 bits per heavy atom. The van der Waals surface area contributed by atoms with Crippen molar-refractivity contribution in [3.05, 3.63) is 52.6 Å². The van der Waals surface area contributed by atoms with Gasteiger partial charge in [-0.1, -0.05) is 48.3 Å². The molecule has 28 heavy (non-hydrogen) atoms. The zero-order valence-electron chi connectivity index (χ0n) is 15.7. The molecule has 7 heteroatoms. The minimum atomic E-state index is 0.258. The van der Waals surface area contributed by atoms with Crippen molar-refractivity contribution in [1.29, 1.82) is 0 Å². The first-order valence-electron chi connectivity index (χ1n) is 9.07. The van der Waals surface area contributed by atoms with Gasteiger partial charge in [0.2, 0.25) is 0 Å². The number of hydrogen-bond acceptors (Lipinski definition) is 5. The van der Waals surface area contributed by atoms with Gasteiger partial charge in [0.1, 0.15) is 17.2 Å². The number of halogens is 2. The summed E-state index contributed by atoms with van der Waals surface area (Å²) in [5.74, 6) is 1.14. The van der Waals surface area contributed by atoms with Crippen LogP contribution in [0.3, 0.4) is 0 Å². The third-order valence-corrected chi connectivity index (χ3v) is 4.74. The molecule has 5 nitrogen and oxygen atoms in total. The summed E-state index contributed by atoms with van der Waals surface area (Å²) < 4.78 is 5.44. The van der Waals surface area contributed by atoms with Crippen molar-refractivity contribution < 1.29 is 9.32 Å². The monoisotopic (exact) mass is 417 g/mol. The van der Waals surface area contributed by atoms with Crippen molar-refractivity contribution in [3.8, 4) is 22.7 Å². The quantitative estimate of drug-likeness (QED) is 0.477. The smallest absolute Gasteiger partial charge is 0.185 e. The number of carbonyl (C=O) groups is 1. The van der Waals surface area contributed by atoms with Crippen LogP contribution >= 0.6 is 23.2 Å². The van der Waals surface area contributed by atoms with Crippen molar-refractivity contribution in [2.24, 2.45) is 5.92 Å². The van der Waals surface area contributed by atoms with E-state index in [0.29, 0.717) is 58.1 Å². The molecule has 0 aliphatic carbocycles. The fraction of sp³-hybridized carbons (Fsp3) is 0.286. The highest BCUT2D eigenvalue weighted by Crippen LogP contribution is 2.35. The van der Waals surface area contributed by atoms with E-state index in [1.54, 1.807) is 30.5 Å². The fourth-order valence-electron chi connectivity index (χ4n) is 2.84. The molecule has 3 rings (SSSR count). The van der Waals surface area contributed by atoms with Gasteiger partial charge < -0.3 is 9.84 Å². The maximum Gasteiger partial charge on any atom is 0.185 e. The predicted molar refractivity (Wildman–Crippen MR) is 113 cm³/mol. The summed E-state index contributed by atoms with van der Waals surface area (Å²) in [5.41, 5.74) is 2.65. The molecule has 2 aromatic heterocycles. The number of nitrogens with one attached hydrogen (secondary N) is 1. The lowest BCUT2D eigenvalue weighted by Crippen LogP contribution is -2.10. The average molecular weight is 418 g/mol. The van der Waals surface area contributed by atoms with Gasteiger partial charge in [0.15, 0.2) is 5.76 Å². The second kappa shape index (κ2) is 9.22. The first-order valence-corrected chi connectivity index (χ1v) is 9.82. The van der Waals surface area contributed by atoms with Gasteiger partial charge in [-0.3, -0.25) is 9.78 Å². The van der Waals surface area contributed by atoms with E-state index in [1.165, 1.54) is 0 Å². The van der Waals surface area contributed by atoms with E-state index in [1.807, 2.05) is 26.0 Å². The standard InChI is InChI=1S/C21H21Cl2N3O2/c1-13(2)10-15(27)7-9-24-14-6-8-25-18(11-14)20-12-19(26-28-20)21-16(22)4-3-5-17(21)23/h3-6,8,11-13H,7,9-10H2,1-2H3,(H,24,25). The Labute approximate surface area is 174 Å². The molecule has 0 saturated carbocycles. The number of ketones is 1. The van der Waals surface area contributed by atoms with Crippen LogP contribution < -0.4 is 5.32 Å². The molecule has 146 valence electrons. The molecule has 0 bridgehead atoms. The largest absolute Gasteiger partial charge is 0.384 e. The molecule has 0 saturated heterocycles. The predicted octanol–water partition coefficient (Wildman–Crippen LogP) is 6.13. The molecule has 0 aliphatic rings. The molecule has 0 radical (unpaired) electrons. The Kier molecular flexibility index (Phi) is 6.70. The Bertz CT molecular complexity index is 950. The Morgan fingerprint density at radius 1 is 1.14 bits per heavy atom. The number of nitrogens with zero attached hydrogens (tertiary/aromatic N) is 2. The van der Waals surface area contributed by atoms with E-state index in [-0.39, 0.29) is 5.78 Å². The van der Waals surface area contributed by atoms with Gasteiger partial charge >= 0.3 is 0 Å². The lowest BCUT2D eigenvalue weighted by molar-refractivity contribution is -0.119. The number of carbonyl (C=O) groups excluding carboxylic acids is 1. The van der Waals surface area contributed by atoms with E-state index in [4.69, 9.17) is 27.7 Å². The molecule has 3 aromatic rings.